The highest BCUT2D eigenvalue weighted by atomic mass is 32.2. The highest BCUT2D eigenvalue weighted by Crippen LogP contribution is 2.29. The Labute approximate surface area is 92.6 Å². The lowest BCUT2D eigenvalue weighted by molar-refractivity contribution is 0.822. The summed E-state index contributed by atoms with van der Waals surface area (Å²) in [5, 5.41) is 2.70. The Bertz CT molecular complexity index is 338. The number of nitrogens with zero attached hydrogens (tertiary/aromatic N) is 1. The van der Waals surface area contributed by atoms with Gasteiger partial charge in [0.1, 0.15) is 0 Å². The van der Waals surface area contributed by atoms with Crippen molar-refractivity contribution in [1.82, 2.24) is 4.98 Å². The summed E-state index contributed by atoms with van der Waals surface area (Å²) < 4.78 is 0.955. The normalized spacial score (nSPS) is 13.1. The molecule has 3 nitrogen and oxygen atoms in total. The molecule has 4 N–H and O–H groups in total. The Balaban J connectivity index is 2.74. The van der Waals surface area contributed by atoms with Crippen LogP contribution in [0.2, 0.25) is 0 Å². The van der Waals surface area contributed by atoms with E-state index in [2.05, 4.69) is 24.2 Å². The van der Waals surface area contributed by atoms with Crippen molar-refractivity contribution in [2.24, 2.45) is 11.5 Å². The van der Waals surface area contributed by atoms with Gasteiger partial charge >= 0.3 is 0 Å². The summed E-state index contributed by atoms with van der Waals surface area (Å²) in [5.74, 6) is 0.463. The topological polar surface area (TPSA) is 64.9 Å². The first-order valence-electron chi connectivity index (χ1n) is 4.35. The number of nitrogens with two attached hydrogens (primary N) is 2. The van der Waals surface area contributed by atoms with Crippen LogP contribution >= 0.6 is 23.1 Å². The molecule has 0 amide bonds. The highest BCUT2D eigenvalue weighted by molar-refractivity contribution is 8.04. The summed E-state index contributed by atoms with van der Waals surface area (Å²) in [6.45, 7) is 6.03. The lowest BCUT2D eigenvalue weighted by Crippen LogP contribution is -2.03. The molecule has 0 unspecified atom stereocenters. The number of thiazole rings is 1. The fourth-order valence-electron chi connectivity index (χ4n) is 0.756. The van der Waals surface area contributed by atoms with Crippen LogP contribution in [-0.2, 0) is 0 Å². The number of hydrogen-bond acceptors (Lipinski definition) is 5. The van der Waals surface area contributed by atoms with Crippen LogP contribution in [0, 0.1) is 0 Å². The minimum Gasteiger partial charge on any atom is -0.400 e. The summed E-state index contributed by atoms with van der Waals surface area (Å²) in [5.41, 5.74) is 13.0. The zero-order valence-corrected chi connectivity index (χ0v) is 10.2. The maximum atomic E-state index is 5.72. The summed E-state index contributed by atoms with van der Waals surface area (Å²) in [7, 11) is 0. The van der Waals surface area contributed by atoms with Crippen LogP contribution in [0.4, 0.5) is 0 Å². The van der Waals surface area contributed by atoms with E-state index in [1.54, 1.807) is 18.3 Å². The van der Waals surface area contributed by atoms with Gasteiger partial charge in [-0.25, -0.2) is 4.98 Å². The van der Waals surface area contributed by atoms with E-state index in [4.69, 9.17) is 11.5 Å². The first-order chi connectivity index (χ1) is 6.50. The van der Waals surface area contributed by atoms with Crippen molar-refractivity contribution in [3.05, 3.63) is 21.8 Å². The van der Waals surface area contributed by atoms with Crippen molar-refractivity contribution in [3.63, 3.8) is 0 Å². The van der Waals surface area contributed by atoms with Crippen LogP contribution in [0.15, 0.2) is 20.4 Å². The van der Waals surface area contributed by atoms with Gasteiger partial charge in [-0.05, 0) is 24.6 Å². The molecule has 1 aromatic rings. The zero-order chi connectivity index (χ0) is 10.7. The molecule has 0 aliphatic heterocycles. The number of hydrogen-bond donors (Lipinski definition) is 2. The molecule has 1 aromatic heterocycles. The average Bonchev–Trinajstić information content (AvgIpc) is 2.52. The third-order valence-corrected chi connectivity index (χ3v) is 3.68. The molecule has 0 aliphatic rings. The predicted octanol–water partition coefficient (Wildman–Crippen LogP) is 2.47. The second kappa shape index (κ2) is 4.70. The van der Waals surface area contributed by atoms with E-state index >= 15 is 0 Å². The van der Waals surface area contributed by atoms with Crippen molar-refractivity contribution in [1.29, 1.82) is 0 Å². The van der Waals surface area contributed by atoms with Gasteiger partial charge in [0.2, 0.25) is 0 Å². The molecular weight excluding hydrogens is 214 g/mol. The molecule has 0 bridgehead atoms. The van der Waals surface area contributed by atoms with Crippen LogP contribution in [0.3, 0.4) is 0 Å². The van der Waals surface area contributed by atoms with Gasteiger partial charge in [-0.2, -0.15) is 0 Å². The molecule has 1 rings (SSSR count). The van der Waals surface area contributed by atoms with Crippen molar-refractivity contribution in [2.45, 2.75) is 31.0 Å². The quantitative estimate of drug-likeness (QED) is 0.781. The fourth-order valence-corrected chi connectivity index (χ4v) is 2.57. The molecule has 5 heteroatoms. The monoisotopic (exact) mass is 229 g/mol. The summed E-state index contributed by atoms with van der Waals surface area (Å²) in [6.07, 6.45) is 0. The first-order valence-corrected chi connectivity index (χ1v) is 6.05. The van der Waals surface area contributed by atoms with Gasteiger partial charge in [0.05, 0.1) is 10.7 Å². The van der Waals surface area contributed by atoms with Crippen LogP contribution in [0.5, 0.6) is 0 Å². The highest BCUT2D eigenvalue weighted by Gasteiger charge is 2.07. The Kier molecular flexibility index (Phi) is 3.83. The van der Waals surface area contributed by atoms with Gasteiger partial charge < -0.3 is 11.5 Å². The Morgan fingerprint density at radius 1 is 1.50 bits per heavy atom. The van der Waals surface area contributed by atoms with E-state index in [9.17, 15) is 0 Å². The van der Waals surface area contributed by atoms with E-state index in [0.717, 1.165) is 10.0 Å². The Morgan fingerprint density at radius 2 is 2.14 bits per heavy atom. The standard InChI is InChI=1S/C9H15N3S2/c1-5(2)7-4-13-9(12-7)14-8(11)6(3)10/h4-5H,10-11H2,1-3H3/b8-6+. The van der Waals surface area contributed by atoms with E-state index in [1.165, 1.54) is 11.8 Å². The third-order valence-electron chi connectivity index (χ3n) is 1.68. The maximum absolute atomic E-state index is 5.72. The molecule has 0 radical (unpaired) electrons. The minimum absolute atomic E-state index is 0.463. The molecule has 0 atom stereocenters. The molecule has 0 saturated heterocycles. The molecule has 0 saturated carbocycles. The summed E-state index contributed by atoms with van der Waals surface area (Å²) in [6, 6.07) is 0. The van der Waals surface area contributed by atoms with Gasteiger partial charge in [0.25, 0.3) is 0 Å². The number of rotatable bonds is 3. The van der Waals surface area contributed by atoms with Gasteiger partial charge in [-0.3, -0.25) is 0 Å². The van der Waals surface area contributed by atoms with E-state index < -0.39 is 0 Å². The summed E-state index contributed by atoms with van der Waals surface area (Å²) in [4.78, 5) is 4.44. The third kappa shape index (κ3) is 2.92. The summed E-state index contributed by atoms with van der Waals surface area (Å²) >= 11 is 3.04. The van der Waals surface area contributed by atoms with Gasteiger partial charge in [0.15, 0.2) is 4.34 Å². The molecule has 0 aliphatic carbocycles. The van der Waals surface area contributed by atoms with E-state index in [0.29, 0.717) is 16.6 Å². The van der Waals surface area contributed by atoms with Crippen LogP contribution in [-0.4, -0.2) is 4.98 Å². The second-order valence-corrected chi connectivity index (χ2v) is 5.49. The molecule has 78 valence electrons. The van der Waals surface area contributed by atoms with Crippen LogP contribution in [0.1, 0.15) is 32.4 Å². The molecule has 14 heavy (non-hydrogen) atoms. The predicted molar refractivity (Wildman–Crippen MR) is 63.1 cm³/mol. The lowest BCUT2D eigenvalue weighted by atomic mass is 10.2. The molecule has 0 spiro atoms. The minimum atomic E-state index is 0.463. The first kappa shape index (κ1) is 11.4. The van der Waals surface area contributed by atoms with Gasteiger partial charge in [-0.15, -0.1) is 11.3 Å². The van der Waals surface area contributed by atoms with Crippen molar-refractivity contribution in [3.8, 4) is 0 Å². The maximum Gasteiger partial charge on any atom is 0.156 e. The molecule has 1 heterocycles. The van der Waals surface area contributed by atoms with Crippen LogP contribution < -0.4 is 11.5 Å². The van der Waals surface area contributed by atoms with Crippen molar-refractivity contribution >= 4 is 23.1 Å². The van der Waals surface area contributed by atoms with Crippen LogP contribution in [0.25, 0.3) is 0 Å². The van der Waals surface area contributed by atoms with E-state index in [-0.39, 0.29) is 0 Å². The number of allylic oxidation sites excluding steroid dienone is 1. The molecule has 0 aromatic carbocycles. The fraction of sp³-hybridized carbons (Fsp3) is 0.444. The molecular formula is C9H15N3S2. The van der Waals surface area contributed by atoms with Gasteiger partial charge in [-0.1, -0.05) is 13.8 Å². The SMILES string of the molecule is C/C(N)=C(/N)Sc1nc(C(C)C)cs1. The van der Waals surface area contributed by atoms with E-state index in [1.807, 2.05) is 0 Å². The largest absolute Gasteiger partial charge is 0.400 e. The van der Waals surface area contributed by atoms with Gasteiger partial charge in [0, 0.05) is 11.1 Å². The Morgan fingerprint density at radius 3 is 2.57 bits per heavy atom. The lowest BCUT2D eigenvalue weighted by Gasteiger charge is -2.00. The molecule has 0 fully saturated rings. The number of aromatic nitrogens is 1. The zero-order valence-electron chi connectivity index (χ0n) is 8.57. The number of thioether (sulfide) groups is 1. The second-order valence-electron chi connectivity index (χ2n) is 3.34. The average molecular weight is 229 g/mol. The Hall–Kier alpha value is -0.680. The van der Waals surface area contributed by atoms with Crippen molar-refractivity contribution < 1.29 is 0 Å². The van der Waals surface area contributed by atoms with Crippen molar-refractivity contribution in [2.75, 3.05) is 0 Å². The smallest absolute Gasteiger partial charge is 0.156 e.